The Labute approximate surface area is 125 Å². The molecule has 0 bridgehead atoms. The maximum absolute atomic E-state index is 10.8. The molecule has 1 fully saturated rings. The highest BCUT2D eigenvalue weighted by atomic mass is 79.9. The van der Waals surface area contributed by atoms with Gasteiger partial charge in [0.1, 0.15) is 11.3 Å². The monoisotopic (exact) mass is 341 g/mol. The van der Waals surface area contributed by atoms with E-state index in [0.29, 0.717) is 34.4 Å². The molecular formula is C14H16BrNO4. The van der Waals surface area contributed by atoms with Crippen molar-refractivity contribution in [2.24, 2.45) is 4.99 Å². The minimum absolute atomic E-state index is 0.0374. The van der Waals surface area contributed by atoms with Crippen molar-refractivity contribution < 1.29 is 19.4 Å². The normalized spacial score (nSPS) is 16.6. The molecule has 0 unspecified atom stereocenters. The Bertz CT molecular complexity index is 561. The summed E-state index contributed by atoms with van der Waals surface area (Å²) in [5, 5.41) is 10.3. The van der Waals surface area contributed by atoms with Crippen molar-refractivity contribution in [1.82, 2.24) is 0 Å². The van der Waals surface area contributed by atoms with Crippen LogP contribution < -0.4 is 9.47 Å². The Morgan fingerprint density at radius 1 is 1.35 bits per heavy atom. The van der Waals surface area contributed by atoms with Gasteiger partial charge in [-0.15, -0.1) is 0 Å². The van der Waals surface area contributed by atoms with Crippen LogP contribution in [0.5, 0.6) is 17.2 Å². The lowest BCUT2D eigenvalue weighted by Gasteiger charge is -2.26. The first-order valence-corrected chi connectivity index (χ1v) is 7.12. The van der Waals surface area contributed by atoms with Gasteiger partial charge < -0.3 is 14.6 Å². The summed E-state index contributed by atoms with van der Waals surface area (Å²) in [5.41, 5.74) is -0.166. The van der Waals surface area contributed by atoms with E-state index in [2.05, 4.69) is 20.9 Å². The summed E-state index contributed by atoms with van der Waals surface area (Å²) in [6, 6.07) is 1.49. The van der Waals surface area contributed by atoms with E-state index in [1.807, 2.05) is 0 Å². The maximum Gasteiger partial charge on any atom is 0.235 e. The molecule has 1 aromatic carbocycles. The second-order valence-electron chi connectivity index (χ2n) is 4.76. The van der Waals surface area contributed by atoms with Crippen molar-refractivity contribution in [3.05, 3.63) is 16.1 Å². The topological polar surface area (TPSA) is 68.1 Å². The second kappa shape index (κ2) is 5.85. The van der Waals surface area contributed by atoms with E-state index >= 15 is 0 Å². The highest BCUT2D eigenvalue weighted by Gasteiger charge is 2.41. The summed E-state index contributed by atoms with van der Waals surface area (Å²) < 4.78 is 11.1. The van der Waals surface area contributed by atoms with Gasteiger partial charge in [-0.2, -0.15) is 4.99 Å². The fourth-order valence-corrected chi connectivity index (χ4v) is 3.77. The third-order valence-electron chi connectivity index (χ3n) is 3.75. The molecule has 20 heavy (non-hydrogen) atoms. The van der Waals surface area contributed by atoms with Crippen LogP contribution in [0, 0.1) is 0 Å². The number of aliphatic imine (C=N–C) groups is 1. The summed E-state index contributed by atoms with van der Waals surface area (Å²) in [7, 11) is 3.02. The molecule has 2 rings (SSSR count). The fraction of sp³-hybridized carbons (Fsp3) is 0.500. The van der Waals surface area contributed by atoms with Gasteiger partial charge in [0, 0.05) is 11.6 Å². The molecule has 0 saturated heterocycles. The molecule has 0 atom stereocenters. The number of aromatic hydroxyl groups is 1. The Hall–Kier alpha value is -1.52. The van der Waals surface area contributed by atoms with E-state index in [9.17, 15) is 9.90 Å². The second-order valence-corrected chi connectivity index (χ2v) is 5.55. The predicted molar refractivity (Wildman–Crippen MR) is 77.2 cm³/mol. The van der Waals surface area contributed by atoms with E-state index in [4.69, 9.17) is 9.47 Å². The molecule has 0 radical (unpaired) electrons. The summed E-state index contributed by atoms with van der Waals surface area (Å²) in [6.07, 6.45) is 4.94. The van der Waals surface area contributed by atoms with Gasteiger partial charge in [-0.3, -0.25) is 0 Å². The van der Waals surface area contributed by atoms with Crippen LogP contribution in [0.15, 0.2) is 15.5 Å². The largest absolute Gasteiger partial charge is 0.507 e. The predicted octanol–water partition coefficient (Wildman–Crippen LogP) is 3.28. The number of methoxy groups -OCH3 is 2. The molecule has 0 amide bonds. The minimum atomic E-state index is -0.732. The molecule has 0 spiro atoms. The van der Waals surface area contributed by atoms with Crippen molar-refractivity contribution >= 4 is 22.0 Å². The molecule has 1 aliphatic carbocycles. The number of phenolic OH excluding ortho intramolecular Hbond substituents is 1. The first-order chi connectivity index (χ1) is 9.59. The number of ether oxygens (including phenoxy) is 2. The highest BCUT2D eigenvalue weighted by Crippen LogP contribution is 2.53. The molecule has 5 nitrogen and oxygen atoms in total. The fourth-order valence-electron chi connectivity index (χ4n) is 2.85. The third kappa shape index (κ3) is 2.30. The minimum Gasteiger partial charge on any atom is -0.507 e. The summed E-state index contributed by atoms with van der Waals surface area (Å²) in [4.78, 5) is 14.8. The van der Waals surface area contributed by atoms with E-state index in [1.165, 1.54) is 20.3 Å². The van der Waals surface area contributed by atoms with Gasteiger partial charge in [0.2, 0.25) is 6.08 Å². The molecule has 1 saturated carbocycles. The van der Waals surface area contributed by atoms with Crippen LogP contribution in [0.1, 0.15) is 31.2 Å². The zero-order valence-corrected chi connectivity index (χ0v) is 13.0. The Morgan fingerprint density at radius 3 is 2.50 bits per heavy atom. The number of phenols is 1. The smallest absolute Gasteiger partial charge is 0.235 e. The lowest BCUT2D eigenvalue weighted by molar-refractivity contribution is 0.342. The van der Waals surface area contributed by atoms with Gasteiger partial charge in [0.05, 0.1) is 18.7 Å². The molecule has 0 aliphatic heterocycles. The average molecular weight is 342 g/mol. The van der Waals surface area contributed by atoms with Crippen molar-refractivity contribution in [3.63, 3.8) is 0 Å². The highest BCUT2D eigenvalue weighted by molar-refractivity contribution is 9.10. The lowest BCUT2D eigenvalue weighted by atomic mass is 9.88. The first kappa shape index (κ1) is 14.9. The SMILES string of the molecule is COc1cc(O)c(C2(N=C=O)CCCC2)c(Br)c1OC. The molecule has 108 valence electrons. The van der Waals surface area contributed by atoms with Gasteiger partial charge in [0.15, 0.2) is 11.5 Å². The molecule has 1 aliphatic rings. The van der Waals surface area contributed by atoms with Gasteiger partial charge in [-0.25, -0.2) is 4.79 Å². The van der Waals surface area contributed by atoms with Gasteiger partial charge in [0.25, 0.3) is 0 Å². The van der Waals surface area contributed by atoms with Crippen LogP contribution in [-0.4, -0.2) is 25.4 Å². The maximum atomic E-state index is 10.8. The van der Waals surface area contributed by atoms with E-state index < -0.39 is 5.54 Å². The van der Waals surface area contributed by atoms with Crippen molar-refractivity contribution in [3.8, 4) is 17.2 Å². The van der Waals surface area contributed by atoms with Gasteiger partial charge in [-0.05, 0) is 28.8 Å². The molecule has 0 heterocycles. The lowest BCUT2D eigenvalue weighted by Crippen LogP contribution is -2.20. The summed E-state index contributed by atoms with van der Waals surface area (Å²) in [6.45, 7) is 0. The summed E-state index contributed by atoms with van der Waals surface area (Å²) >= 11 is 3.44. The number of nitrogens with zero attached hydrogens (tertiary/aromatic N) is 1. The van der Waals surface area contributed by atoms with E-state index in [0.717, 1.165) is 12.8 Å². The van der Waals surface area contributed by atoms with Crippen LogP contribution in [0.25, 0.3) is 0 Å². The van der Waals surface area contributed by atoms with Crippen LogP contribution in [0.2, 0.25) is 0 Å². The number of rotatable bonds is 4. The summed E-state index contributed by atoms with van der Waals surface area (Å²) in [5.74, 6) is 0.937. The molecule has 1 N–H and O–H groups in total. The molecule has 0 aromatic heterocycles. The zero-order valence-electron chi connectivity index (χ0n) is 11.4. The molecular weight excluding hydrogens is 326 g/mol. The quantitative estimate of drug-likeness (QED) is 0.674. The van der Waals surface area contributed by atoms with Crippen LogP contribution in [0.4, 0.5) is 0 Å². The van der Waals surface area contributed by atoms with E-state index in [1.54, 1.807) is 6.08 Å². The van der Waals surface area contributed by atoms with Gasteiger partial charge >= 0.3 is 0 Å². The van der Waals surface area contributed by atoms with Crippen LogP contribution in [0.3, 0.4) is 0 Å². The molecule has 1 aromatic rings. The Balaban J connectivity index is 2.70. The van der Waals surface area contributed by atoms with Crippen molar-refractivity contribution in [2.45, 2.75) is 31.2 Å². The van der Waals surface area contributed by atoms with Crippen molar-refractivity contribution in [2.75, 3.05) is 14.2 Å². The third-order valence-corrected chi connectivity index (χ3v) is 4.50. The average Bonchev–Trinajstić information content (AvgIpc) is 2.87. The number of benzene rings is 1. The number of hydrogen-bond donors (Lipinski definition) is 1. The Kier molecular flexibility index (Phi) is 4.35. The number of carbonyl (C=O) groups excluding carboxylic acids is 1. The zero-order chi connectivity index (χ0) is 14.8. The van der Waals surface area contributed by atoms with Gasteiger partial charge in [-0.1, -0.05) is 12.8 Å². The van der Waals surface area contributed by atoms with Crippen molar-refractivity contribution in [1.29, 1.82) is 0 Å². The first-order valence-electron chi connectivity index (χ1n) is 6.32. The number of hydrogen-bond acceptors (Lipinski definition) is 5. The van der Waals surface area contributed by atoms with Crippen LogP contribution >= 0.6 is 15.9 Å². The van der Waals surface area contributed by atoms with E-state index in [-0.39, 0.29) is 5.75 Å². The van der Waals surface area contributed by atoms with Crippen LogP contribution in [-0.2, 0) is 10.3 Å². The Morgan fingerprint density at radius 2 is 2.00 bits per heavy atom. The molecule has 6 heteroatoms. The standard InChI is InChI=1S/C14H16BrNO4/c1-19-10-7-9(18)11(12(15)13(10)20-2)14(16-8-17)5-3-4-6-14/h7,18H,3-6H2,1-2H3. The number of isocyanates is 1. The number of halogens is 1.